The summed E-state index contributed by atoms with van der Waals surface area (Å²) >= 11 is 5.92. The van der Waals surface area contributed by atoms with E-state index in [1.165, 1.54) is 12.1 Å². The van der Waals surface area contributed by atoms with Gasteiger partial charge in [0.25, 0.3) is 5.91 Å². The van der Waals surface area contributed by atoms with Crippen molar-refractivity contribution in [3.63, 3.8) is 0 Å². The summed E-state index contributed by atoms with van der Waals surface area (Å²) in [6.45, 7) is -0.0600. The van der Waals surface area contributed by atoms with Gasteiger partial charge in [0.05, 0.1) is 15.4 Å². The third-order valence-corrected chi connectivity index (χ3v) is 3.82. The van der Waals surface area contributed by atoms with Crippen LogP contribution in [-0.2, 0) is 4.79 Å². The summed E-state index contributed by atoms with van der Waals surface area (Å²) in [5, 5.41) is 13.7. The molecule has 7 nitrogen and oxygen atoms in total. The molecule has 102 valence electrons. The molecule has 1 saturated heterocycles. The second-order valence-electron chi connectivity index (χ2n) is 3.85. The molecule has 2 aliphatic rings. The van der Waals surface area contributed by atoms with Gasteiger partial charge in [0.2, 0.25) is 12.5 Å². The van der Waals surface area contributed by atoms with Crippen molar-refractivity contribution >= 4 is 46.0 Å². The minimum atomic E-state index is -0.560. The van der Waals surface area contributed by atoms with Crippen LogP contribution < -0.4 is 14.8 Å². The average molecular weight is 310 g/mol. The molecule has 1 aromatic carbocycles. The molecular weight excluding hydrogens is 304 g/mol. The number of nitrogens with zero attached hydrogens (tertiary/aromatic N) is 1. The van der Waals surface area contributed by atoms with E-state index < -0.39 is 4.92 Å². The summed E-state index contributed by atoms with van der Waals surface area (Å²) in [6, 6.07) is 3.07. The number of carbonyl (C=O) groups excluding carboxylic acids is 1. The maximum atomic E-state index is 11.6. The summed E-state index contributed by atoms with van der Waals surface area (Å²) in [5.74, 6) is 0.0280. The summed E-state index contributed by atoms with van der Waals surface area (Å²) in [6.07, 6.45) is 1.42. The lowest BCUT2D eigenvalue weighted by atomic mass is 10.1. The van der Waals surface area contributed by atoms with Gasteiger partial charge < -0.3 is 14.8 Å². The summed E-state index contributed by atoms with van der Waals surface area (Å²) in [4.78, 5) is 22.5. The zero-order valence-electron chi connectivity index (χ0n) is 9.74. The quantitative estimate of drug-likeness (QED) is 0.385. The van der Waals surface area contributed by atoms with Gasteiger partial charge >= 0.3 is 5.69 Å². The van der Waals surface area contributed by atoms with Gasteiger partial charge in [-0.2, -0.15) is 0 Å². The van der Waals surface area contributed by atoms with Crippen molar-refractivity contribution in [3.05, 3.63) is 32.7 Å². The van der Waals surface area contributed by atoms with Crippen molar-refractivity contribution in [2.45, 2.75) is 0 Å². The molecule has 0 aromatic heterocycles. The second-order valence-corrected chi connectivity index (χ2v) is 5.57. The molecule has 1 N–H and O–H groups in total. The number of ether oxygens (including phenoxy) is 2. The molecule has 0 radical (unpaired) electrons. The van der Waals surface area contributed by atoms with Gasteiger partial charge in [-0.25, -0.2) is 0 Å². The van der Waals surface area contributed by atoms with Crippen molar-refractivity contribution in [1.29, 1.82) is 0 Å². The molecule has 3 rings (SSSR count). The summed E-state index contributed by atoms with van der Waals surface area (Å²) in [7, 11) is 0. The second kappa shape index (κ2) is 4.76. The van der Waals surface area contributed by atoms with Crippen LogP contribution in [0.5, 0.6) is 11.5 Å². The summed E-state index contributed by atoms with van der Waals surface area (Å²) in [5.41, 5.74) is 0.0420. The standard InChI is InChI=1S/C11H6N2O5S2/c14-10-7(20-11(19)12-10)3-5-1-2-6-9(18-4-17-6)8(5)13(15)16/h1-3H,4H2,(H,12,14,19)/b7-3+. The van der Waals surface area contributed by atoms with Crippen molar-refractivity contribution < 1.29 is 19.2 Å². The molecule has 20 heavy (non-hydrogen) atoms. The lowest BCUT2D eigenvalue weighted by Crippen LogP contribution is -2.17. The first-order chi connectivity index (χ1) is 9.56. The van der Waals surface area contributed by atoms with Crippen LogP contribution >= 0.6 is 24.0 Å². The maximum absolute atomic E-state index is 11.6. The largest absolute Gasteiger partial charge is 0.453 e. The Balaban J connectivity index is 2.11. The van der Waals surface area contributed by atoms with Crippen LogP contribution in [0.2, 0.25) is 0 Å². The van der Waals surface area contributed by atoms with Crippen LogP contribution in [0.3, 0.4) is 0 Å². The highest BCUT2D eigenvalue weighted by molar-refractivity contribution is 8.26. The Labute approximate surface area is 122 Å². The first-order valence-corrected chi connectivity index (χ1v) is 6.60. The average Bonchev–Trinajstić information content (AvgIpc) is 2.95. The number of hydrogen-bond donors (Lipinski definition) is 1. The predicted molar refractivity (Wildman–Crippen MR) is 75.5 cm³/mol. The molecular formula is C11H6N2O5S2. The van der Waals surface area contributed by atoms with Crippen molar-refractivity contribution in [3.8, 4) is 11.5 Å². The Bertz CT molecular complexity index is 686. The topological polar surface area (TPSA) is 90.7 Å². The van der Waals surface area contributed by atoms with Crippen molar-refractivity contribution in [2.75, 3.05) is 6.79 Å². The number of thiocarbonyl (C=S) groups is 1. The molecule has 0 atom stereocenters. The van der Waals surface area contributed by atoms with E-state index in [0.29, 0.717) is 15.0 Å². The lowest BCUT2D eigenvalue weighted by Gasteiger charge is -2.02. The van der Waals surface area contributed by atoms with E-state index in [4.69, 9.17) is 21.7 Å². The fourth-order valence-corrected chi connectivity index (χ4v) is 2.88. The Morgan fingerprint density at radius 3 is 2.90 bits per heavy atom. The SMILES string of the molecule is O=C1NC(=S)S/C1=C/c1ccc2c(c1[N+](=O)[O-])OCO2. The zero-order valence-corrected chi connectivity index (χ0v) is 11.4. The molecule has 0 spiro atoms. The van der Waals surface area contributed by atoms with Crippen LogP contribution in [0.4, 0.5) is 5.69 Å². The van der Waals surface area contributed by atoms with Crippen LogP contribution in [0.25, 0.3) is 6.08 Å². The Hall–Kier alpha value is -2.13. The van der Waals surface area contributed by atoms with Crippen LogP contribution in [0, 0.1) is 10.1 Å². The maximum Gasteiger partial charge on any atom is 0.322 e. The van der Waals surface area contributed by atoms with Gasteiger partial charge in [-0.3, -0.25) is 14.9 Å². The molecule has 1 amide bonds. The predicted octanol–water partition coefficient (Wildman–Crippen LogP) is 1.81. The number of fused-ring (bicyclic) bond motifs is 1. The number of nitro benzene ring substituents is 1. The summed E-state index contributed by atoms with van der Waals surface area (Å²) < 4.78 is 10.5. The van der Waals surface area contributed by atoms with Gasteiger partial charge in [-0.15, -0.1) is 0 Å². The van der Waals surface area contributed by atoms with Crippen LogP contribution in [-0.4, -0.2) is 21.9 Å². The van der Waals surface area contributed by atoms with E-state index in [1.54, 1.807) is 6.07 Å². The number of rotatable bonds is 2. The molecule has 9 heteroatoms. The number of nitrogens with one attached hydrogen (secondary N) is 1. The van der Waals surface area contributed by atoms with Gasteiger partial charge in [0.1, 0.15) is 4.32 Å². The molecule has 0 saturated carbocycles. The molecule has 2 heterocycles. The highest BCUT2D eigenvalue weighted by Crippen LogP contribution is 2.44. The highest BCUT2D eigenvalue weighted by atomic mass is 32.2. The van der Waals surface area contributed by atoms with E-state index in [-0.39, 0.29) is 29.7 Å². The van der Waals surface area contributed by atoms with E-state index >= 15 is 0 Å². The smallest absolute Gasteiger partial charge is 0.322 e. The van der Waals surface area contributed by atoms with Gasteiger partial charge in [0, 0.05) is 0 Å². The number of thioether (sulfide) groups is 1. The monoisotopic (exact) mass is 310 g/mol. The number of amides is 1. The molecule has 0 bridgehead atoms. The van der Waals surface area contributed by atoms with Crippen molar-refractivity contribution in [1.82, 2.24) is 5.32 Å². The fraction of sp³-hybridized carbons (Fsp3) is 0.0909. The van der Waals surface area contributed by atoms with E-state index in [1.807, 2.05) is 0 Å². The van der Waals surface area contributed by atoms with E-state index in [9.17, 15) is 14.9 Å². The number of benzene rings is 1. The lowest BCUT2D eigenvalue weighted by molar-refractivity contribution is -0.385. The molecule has 1 fully saturated rings. The van der Waals surface area contributed by atoms with E-state index in [0.717, 1.165) is 11.8 Å². The Morgan fingerprint density at radius 1 is 1.45 bits per heavy atom. The Morgan fingerprint density at radius 2 is 2.25 bits per heavy atom. The first kappa shape index (κ1) is 12.9. The van der Waals surface area contributed by atoms with E-state index in [2.05, 4.69) is 5.32 Å². The minimum absolute atomic E-state index is 0.0600. The molecule has 0 aliphatic carbocycles. The normalized spacial score (nSPS) is 18.5. The third kappa shape index (κ3) is 2.10. The first-order valence-electron chi connectivity index (χ1n) is 5.38. The molecule has 0 unspecified atom stereocenters. The van der Waals surface area contributed by atoms with Crippen LogP contribution in [0.1, 0.15) is 5.56 Å². The molecule has 1 aromatic rings. The minimum Gasteiger partial charge on any atom is -0.453 e. The van der Waals surface area contributed by atoms with Crippen molar-refractivity contribution in [2.24, 2.45) is 0 Å². The molecule has 2 aliphatic heterocycles. The Kier molecular flexibility index (Phi) is 3.07. The van der Waals surface area contributed by atoms with Gasteiger partial charge in [-0.05, 0) is 18.2 Å². The number of nitro groups is 1. The number of carbonyl (C=O) groups is 1. The highest BCUT2D eigenvalue weighted by Gasteiger charge is 2.30. The van der Waals surface area contributed by atoms with Gasteiger partial charge in [0.15, 0.2) is 5.75 Å². The zero-order chi connectivity index (χ0) is 14.3. The third-order valence-electron chi connectivity index (χ3n) is 2.66. The number of hydrogen-bond acceptors (Lipinski definition) is 7. The van der Waals surface area contributed by atoms with Crippen LogP contribution in [0.15, 0.2) is 17.0 Å². The van der Waals surface area contributed by atoms with Gasteiger partial charge in [-0.1, -0.05) is 24.0 Å². The fourth-order valence-electron chi connectivity index (χ4n) is 1.84.